The highest BCUT2D eigenvalue weighted by Crippen LogP contribution is 2.41. The SMILES string of the molecule is Cc1[nH]c([C@H]2Cc3c([nH]c4ccccc34)[C@@H](C3CCOCC3)N2)nc1-c1ccccc1. The molecule has 0 radical (unpaired) electrons. The number of nitrogens with zero attached hydrogens (tertiary/aromatic N) is 1. The van der Waals surface area contributed by atoms with Crippen molar-refractivity contribution in [2.45, 2.75) is 38.3 Å². The maximum atomic E-state index is 5.66. The van der Waals surface area contributed by atoms with E-state index in [0.717, 1.165) is 55.3 Å². The second kappa shape index (κ2) is 7.66. The van der Waals surface area contributed by atoms with E-state index < -0.39 is 0 Å². The van der Waals surface area contributed by atoms with Crippen molar-refractivity contribution in [1.82, 2.24) is 20.3 Å². The van der Waals surface area contributed by atoms with Crippen molar-refractivity contribution in [3.05, 3.63) is 77.4 Å². The van der Waals surface area contributed by atoms with Crippen LogP contribution in [-0.2, 0) is 11.2 Å². The second-order valence-corrected chi connectivity index (χ2v) is 8.88. The van der Waals surface area contributed by atoms with Gasteiger partial charge < -0.3 is 14.7 Å². The predicted molar refractivity (Wildman–Crippen MR) is 123 cm³/mol. The van der Waals surface area contributed by atoms with Crippen molar-refractivity contribution in [3.8, 4) is 11.3 Å². The van der Waals surface area contributed by atoms with Gasteiger partial charge in [0.2, 0.25) is 0 Å². The molecule has 2 aromatic carbocycles. The number of aromatic amines is 2. The summed E-state index contributed by atoms with van der Waals surface area (Å²) in [6.45, 7) is 3.82. The number of ether oxygens (including phenoxy) is 1. The van der Waals surface area contributed by atoms with Crippen LogP contribution in [0.3, 0.4) is 0 Å². The Morgan fingerprint density at radius 2 is 1.71 bits per heavy atom. The first-order valence-electron chi connectivity index (χ1n) is 11.3. The molecule has 31 heavy (non-hydrogen) atoms. The quantitative estimate of drug-likeness (QED) is 0.432. The summed E-state index contributed by atoms with van der Waals surface area (Å²) in [5, 5.41) is 5.31. The van der Waals surface area contributed by atoms with Crippen molar-refractivity contribution in [1.29, 1.82) is 0 Å². The molecule has 6 rings (SSSR count). The normalized spacial score (nSPS) is 22.0. The summed E-state index contributed by atoms with van der Waals surface area (Å²) in [7, 11) is 0. The van der Waals surface area contributed by atoms with E-state index in [0.29, 0.717) is 5.92 Å². The molecule has 0 spiro atoms. The van der Waals surface area contributed by atoms with Gasteiger partial charge in [-0.1, -0.05) is 48.5 Å². The first kappa shape index (κ1) is 18.8. The highest BCUT2D eigenvalue weighted by atomic mass is 16.5. The Kier molecular flexibility index (Phi) is 4.66. The summed E-state index contributed by atoms with van der Waals surface area (Å²) in [5.74, 6) is 1.59. The molecule has 158 valence electrons. The van der Waals surface area contributed by atoms with E-state index in [1.807, 2.05) is 6.07 Å². The number of para-hydroxylation sites is 1. The molecule has 4 heterocycles. The number of hydrogen-bond donors (Lipinski definition) is 3. The van der Waals surface area contributed by atoms with Crippen LogP contribution in [0.2, 0.25) is 0 Å². The molecule has 4 aromatic rings. The van der Waals surface area contributed by atoms with E-state index in [-0.39, 0.29) is 12.1 Å². The van der Waals surface area contributed by atoms with Gasteiger partial charge in [0, 0.05) is 41.1 Å². The second-order valence-electron chi connectivity index (χ2n) is 8.88. The third-order valence-electron chi connectivity index (χ3n) is 6.96. The van der Waals surface area contributed by atoms with Crippen LogP contribution in [0.4, 0.5) is 0 Å². The van der Waals surface area contributed by atoms with E-state index in [1.54, 1.807) is 0 Å². The average molecular weight is 413 g/mol. The Morgan fingerprint density at radius 3 is 2.55 bits per heavy atom. The topological polar surface area (TPSA) is 65.7 Å². The largest absolute Gasteiger partial charge is 0.381 e. The molecule has 2 aromatic heterocycles. The predicted octanol–water partition coefficient (Wildman–Crippen LogP) is 5.22. The first-order valence-corrected chi connectivity index (χ1v) is 11.3. The summed E-state index contributed by atoms with van der Waals surface area (Å²) < 4.78 is 5.66. The first-order chi connectivity index (χ1) is 15.3. The molecule has 2 aliphatic heterocycles. The molecule has 0 bridgehead atoms. The zero-order chi connectivity index (χ0) is 20.8. The molecule has 3 N–H and O–H groups in total. The molecule has 2 aliphatic rings. The fourth-order valence-corrected chi connectivity index (χ4v) is 5.39. The van der Waals surface area contributed by atoms with Gasteiger partial charge >= 0.3 is 0 Å². The molecule has 1 fully saturated rings. The van der Waals surface area contributed by atoms with E-state index in [9.17, 15) is 0 Å². The third kappa shape index (κ3) is 3.29. The molecule has 5 nitrogen and oxygen atoms in total. The Bertz CT molecular complexity index is 1200. The van der Waals surface area contributed by atoms with Gasteiger partial charge in [0.1, 0.15) is 5.82 Å². The lowest BCUT2D eigenvalue weighted by atomic mass is 9.83. The van der Waals surface area contributed by atoms with Crippen LogP contribution in [0.5, 0.6) is 0 Å². The Balaban J connectivity index is 1.41. The number of aromatic nitrogens is 3. The molecular weight excluding hydrogens is 384 g/mol. The number of fused-ring (bicyclic) bond motifs is 3. The minimum atomic E-state index is 0.163. The number of benzene rings is 2. The third-order valence-corrected chi connectivity index (χ3v) is 6.96. The average Bonchev–Trinajstić information content (AvgIpc) is 3.40. The minimum absolute atomic E-state index is 0.163. The molecule has 0 saturated carbocycles. The molecule has 0 amide bonds. The smallest absolute Gasteiger partial charge is 0.124 e. The van der Waals surface area contributed by atoms with Crippen LogP contribution < -0.4 is 5.32 Å². The number of aryl methyl sites for hydroxylation is 1. The maximum Gasteiger partial charge on any atom is 0.124 e. The van der Waals surface area contributed by atoms with Gasteiger partial charge in [0.05, 0.1) is 17.8 Å². The van der Waals surface area contributed by atoms with E-state index >= 15 is 0 Å². The molecular formula is C26H28N4O. The number of nitrogens with one attached hydrogen (secondary N) is 3. The van der Waals surface area contributed by atoms with Crippen LogP contribution in [0.1, 0.15) is 47.7 Å². The van der Waals surface area contributed by atoms with Crippen molar-refractivity contribution in [3.63, 3.8) is 0 Å². The van der Waals surface area contributed by atoms with Gasteiger partial charge in [-0.25, -0.2) is 4.98 Å². The van der Waals surface area contributed by atoms with Crippen LogP contribution >= 0.6 is 0 Å². The van der Waals surface area contributed by atoms with Crippen LogP contribution in [0.25, 0.3) is 22.2 Å². The fourth-order valence-electron chi connectivity index (χ4n) is 5.39. The van der Waals surface area contributed by atoms with Gasteiger partial charge in [-0.15, -0.1) is 0 Å². The zero-order valence-electron chi connectivity index (χ0n) is 17.8. The van der Waals surface area contributed by atoms with Crippen LogP contribution in [0.15, 0.2) is 54.6 Å². The van der Waals surface area contributed by atoms with E-state index in [1.165, 1.54) is 22.2 Å². The molecule has 0 unspecified atom stereocenters. The summed E-state index contributed by atoms with van der Waals surface area (Å²) in [4.78, 5) is 12.4. The maximum absolute atomic E-state index is 5.66. The van der Waals surface area contributed by atoms with Crippen molar-refractivity contribution in [2.75, 3.05) is 13.2 Å². The lowest BCUT2D eigenvalue weighted by Gasteiger charge is -2.37. The van der Waals surface area contributed by atoms with Gasteiger partial charge in [-0.2, -0.15) is 0 Å². The van der Waals surface area contributed by atoms with Crippen LogP contribution in [-0.4, -0.2) is 28.2 Å². The fraction of sp³-hybridized carbons (Fsp3) is 0.346. The zero-order valence-corrected chi connectivity index (χ0v) is 17.8. The Hall–Kier alpha value is -2.89. The minimum Gasteiger partial charge on any atom is -0.381 e. The van der Waals surface area contributed by atoms with Crippen molar-refractivity contribution < 1.29 is 4.74 Å². The Labute approximate surface area is 182 Å². The molecule has 5 heteroatoms. The molecule has 0 aliphatic carbocycles. The summed E-state index contributed by atoms with van der Waals surface area (Å²) in [5.41, 5.74) is 7.35. The number of imidazole rings is 1. The van der Waals surface area contributed by atoms with Gasteiger partial charge in [0.25, 0.3) is 0 Å². The van der Waals surface area contributed by atoms with Gasteiger partial charge in [-0.3, -0.25) is 5.32 Å². The lowest BCUT2D eigenvalue weighted by Crippen LogP contribution is -2.39. The highest BCUT2D eigenvalue weighted by molar-refractivity contribution is 5.85. The number of hydrogen-bond acceptors (Lipinski definition) is 3. The van der Waals surface area contributed by atoms with Crippen molar-refractivity contribution >= 4 is 10.9 Å². The van der Waals surface area contributed by atoms with Crippen LogP contribution in [0, 0.1) is 12.8 Å². The number of H-pyrrole nitrogens is 2. The monoisotopic (exact) mass is 412 g/mol. The van der Waals surface area contributed by atoms with Crippen molar-refractivity contribution in [2.24, 2.45) is 5.92 Å². The summed E-state index contributed by atoms with van der Waals surface area (Å²) >= 11 is 0. The summed E-state index contributed by atoms with van der Waals surface area (Å²) in [6.07, 6.45) is 3.11. The van der Waals surface area contributed by atoms with E-state index in [4.69, 9.17) is 9.72 Å². The summed E-state index contributed by atoms with van der Waals surface area (Å²) in [6, 6.07) is 19.6. The molecule has 2 atom stereocenters. The Morgan fingerprint density at radius 1 is 0.935 bits per heavy atom. The highest BCUT2D eigenvalue weighted by Gasteiger charge is 2.36. The van der Waals surface area contributed by atoms with Gasteiger partial charge in [-0.05, 0) is 43.7 Å². The lowest BCUT2D eigenvalue weighted by molar-refractivity contribution is 0.0497. The van der Waals surface area contributed by atoms with E-state index in [2.05, 4.69) is 70.7 Å². The molecule has 1 saturated heterocycles. The van der Waals surface area contributed by atoms with Gasteiger partial charge in [0.15, 0.2) is 0 Å². The standard InChI is InChI=1S/C26H28N4O/c1-16-23(17-7-3-2-4-8-17)30-26(27-16)22-15-20-19-9-5-6-10-21(19)28-25(20)24(29-22)18-11-13-31-14-12-18/h2-10,18,22,24,28-29H,11-15H2,1H3,(H,27,30)/t22-,24-/m1/s1. The number of rotatable bonds is 3.